The fourth-order valence-electron chi connectivity index (χ4n) is 3.75. The van der Waals surface area contributed by atoms with Gasteiger partial charge in [0.05, 0.1) is 5.75 Å². The number of carbonyl (C=O) groups excluding carboxylic acids is 1. The molecule has 0 atom stereocenters. The zero-order valence-electron chi connectivity index (χ0n) is 16.8. The molecule has 6 nitrogen and oxygen atoms in total. The smallest absolute Gasteiger partial charge is 0.253 e. The van der Waals surface area contributed by atoms with Gasteiger partial charge >= 0.3 is 0 Å². The average Bonchev–Trinajstić information content (AvgIpc) is 3.41. The Morgan fingerprint density at radius 2 is 1.60 bits per heavy atom. The predicted molar refractivity (Wildman–Crippen MR) is 116 cm³/mol. The molecule has 1 aliphatic rings. The highest BCUT2D eigenvalue weighted by molar-refractivity contribution is 7.89. The summed E-state index contributed by atoms with van der Waals surface area (Å²) in [5, 5.41) is 0. The van der Waals surface area contributed by atoms with Gasteiger partial charge in [-0.2, -0.15) is 0 Å². The second-order valence-electron chi connectivity index (χ2n) is 7.69. The summed E-state index contributed by atoms with van der Waals surface area (Å²) in [7, 11) is -3.40. The topological polar surface area (TPSA) is 72.3 Å². The van der Waals surface area contributed by atoms with Crippen LogP contribution in [0.4, 0.5) is 0 Å². The number of aromatic nitrogens is 2. The second kappa shape index (κ2) is 8.83. The first kappa shape index (κ1) is 20.3. The number of hydrogen-bond acceptors (Lipinski definition) is 4. The molecule has 0 bridgehead atoms. The van der Waals surface area contributed by atoms with Crippen molar-refractivity contribution in [2.24, 2.45) is 0 Å². The number of sulfone groups is 1. The molecule has 30 heavy (non-hydrogen) atoms. The maximum Gasteiger partial charge on any atom is 0.253 e. The Labute approximate surface area is 177 Å². The van der Waals surface area contributed by atoms with E-state index in [-0.39, 0.29) is 17.4 Å². The molecule has 0 radical (unpaired) electrons. The molecule has 0 saturated carbocycles. The van der Waals surface area contributed by atoms with Crippen LogP contribution in [0.2, 0.25) is 0 Å². The number of amides is 1. The zero-order valence-corrected chi connectivity index (χ0v) is 17.6. The maximum absolute atomic E-state index is 12.8. The van der Waals surface area contributed by atoms with Crippen LogP contribution in [0.15, 0.2) is 67.0 Å². The molecule has 1 amide bonds. The minimum absolute atomic E-state index is 0.0184. The van der Waals surface area contributed by atoms with Gasteiger partial charge in [0.1, 0.15) is 11.6 Å². The van der Waals surface area contributed by atoms with Crippen LogP contribution in [-0.4, -0.2) is 41.9 Å². The Kier molecular flexibility index (Phi) is 5.99. The molecule has 3 aromatic rings. The standard InChI is InChI=1S/C23H25N3O3S/c27-23(25-13-4-5-14-25)21-10-8-20(9-11-21)17-30(28,29)18-22-24-12-15-26(22)16-19-6-2-1-3-7-19/h1-3,6-12,15H,4-5,13-14,16-18H2. The Bertz CT molecular complexity index is 1100. The van der Waals surface area contributed by atoms with Gasteiger partial charge in [-0.25, -0.2) is 13.4 Å². The lowest BCUT2D eigenvalue weighted by Gasteiger charge is -2.15. The van der Waals surface area contributed by atoms with Crippen LogP contribution in [0.5, 0.6) is 0 Å². The first-order valence-electron chi connectivity index (χ1n) is 10.1. The van der Waals surface area contributed by atoms with Crippen LogP contribution in [0.25, 0.3) is 0 Å². The van der Waals surface area contributed by atoms with Crippen molar-refractivity contribution >= 4 is 15.7 Å². The normalized spacial score (nSPS) is 14.2. The van der Waals surface area contributed by atoms with E-state index < -0.39 is 9.84 Å². The Morgan fingerprint density at radius 3 is 2.30 bits per heavy atom. The second-order valence-corrected chi connectivity index (χ2v) is 9.75. The third kappa shape index (κ3) is 4.97. The highest BCUT2D eigenvalue weighted by Gasteiger charge is 2.20. The average molecular weight is 424 g/mol. The number of benzene rings is 2. The lowest BCUT2D eigenvalue weighted by atomic mass is 10.1. The molecule has 4 rings (SSSR count). The summed E-state index contributed by atoms with van der Waals surface area (Å²) >= 11 is 0. The maximum atomic E-state index is 12.8. The minimum Gasteiger partial charge on any atom is -0.339 e. The van der Waals surface area contributed by atoms with Crippen LogP contribution in [0, 0.1) is 0 Å². The highest BCUT2D eigenvalue weighted by atomic mass is 32.2. The molecule has 1 aliphatic heterocycles. The molecule has 2 heterocycles. The third-order valence-electron chi connectivity index (χ3n) is 5.33. The molecule has 0 unspecified atom stereocenters. The molecule has 1 fully saturated rings. The first-order valence-corrected chi connectivity index (χ1v) is 11.9. The van der Waals surface area contributed by atoms with Gasteiger partial charge in [0.15, 0.2) is 9.84 Å². The summed E-state index contributed by atoms with van der Waals surface area (Å²) in [5.74, 6) is 0.342. The number of imidazole rings is 1. The summed E-state index contributed by atoms with van der Waals surface area (Å²) in [5.41, 5.74) is 2.37. The van der Waals surface area contributed by atoms with E-state index in [4.69, 9.17) is 0 Å². The van der Waals surface area contributed by atoms with Crippen molar-refractivity contribution in [2.75, 3.05) is 13.1 Å². The molecule has 0 N–H and O–H groups in total. The van der Waals surface area contributed by atoms with Crippen molar-refractivity contribution in [3.8, 4) is 0 Å². The van der Waals surface area contributed by atoms with Gasteiger partial charge in [-0.1, -0.05) is 42.5 Å². The van der Waals surface area contributed by atoms with E-state index in [0.29, 0.717) is 23.5 Å². The van der Waals surface area contributed by atoms with E-state index in [1.807, 2.05) is 39.8 Å². The van der Waals surface area contributed by atoms with Gasteiger partial charge in [0, 0.05) is 37.6 Å². The number of hydrogen-bond donors (Lipinski definition) is 0. The van der Waals surface area contributed by atoms with Gasteiger partial charge in [-0.3, -0.25) is 4.79 Å². The fraction of sp³-hybridized carbons (Fsp3) is 0.304. The van der Waals surface area contributed by atoms with E-state index in [9.17, 15) is 13.2 Å². The van der Waals surface area contributed by atoms with Gasteiger partial charge in [-0.05, 0) is 36.1 Å². The van der Waals surface area contributed by atoms with Crippen LogP contribution < -0.4 is 0 Å². The van der Waals surface area contributed by atoms with Crippen LogP contribution in [0.1, 0.15) is 40.2 Å². The predicted octanol–water partition coefficient (Wildman–Crippen LogP) is 3.28. The number of rotatable bonds is 7. The molecule has 156 valence electrons. The fourth-order valence-corrected chi connectivity index (χ4v) is 5.19. The van der Waals surface area contributed by atoms with E-state index in [0.717, 1.165) is 31.5 Å². The first-order chi connectivity index (χ1) is 14.5. The van der Waals surface area contributed by atoms with Crippen LogP contribution >= 0.6 is 0 Å². The highest BCUT2D eigenvalue weighted by Crippen LogP contribution is 2.16. The Balaban J connectivity index is 1.41. The number of likely N-dealkylation sites (tertiary alicyclic amines) is 1. The molecule has 0 spiro atoms. The van der Waals surface area contributed by atoms with E-state index in [1.165, 1.54) is 0 Å². The summed E-state index contributed by atoms with van der Waals surface area (Å²) in [6, 6.07) is 16.8. The van der Waals surface area contributed by atoms with Crippen molar-refractivity contribution in [2.45, 2.75) is 30.9 Å². The summed E-state index contributed by atoms with van der Waals surface area (Å²) in [6.45, 7) is 2.17. The molecule has 0 aliphatic carbocycles. The van der Waals surface area contributed by atoms with Crippen molar-refractivity contribution in [3.63, 3.8) is 0 Å². The third-order valence-corrected chi connectivity index (χ3v) is 6.80. The van der Waals surface area contributed by atoms with Gasteiger partial charge < -0.3 is 9.47 Å². The van der Waals surface area contributed by atoms with Crippen LogP contribution in [-0.2, 0) is 27.9 Å². The Morgan fingerprint density at radius 1 is 0.900 bits per heavy atom. The Hall–Kier alpha value is -2.93. The van der Waals surface area contributed by atoms with Gasteiger partial charge in [-0.15, -0.1) is 0 Å². The minimum atomic E-state index is -3.40. The zero-order chi connectivity index (χ0) is 21.0. The summed E-state index contributed by atoms with van der Waals surface area (Å²) < 4.78 is 27.4. The molecule has 1 aromatic heterocycles. The summed E-state index contributed by atoms with van der Waals surface area (Å²) in [6.07, 6.45) is 5.52. The van der Waals surface area contributed by atoms with Crippen molar-refractivity contribution in [3.05, 3.63) is 89.5 Å². The SMILES string of the molecule is O=C(c1ccc(CS(=O)(=O)Cc2nccn2Cc2ccccc2)cc1)N1CCCC1. The monoisotopic (exact) mass is 423 g/mol. The number of nitrogens with zero attached hydrogens (tertiary/aromatic N) is 3. The van der Waals surface area contributed by atoms with E-state index in [1.54, 1.807) is 36.7 Å². The quantitative estimate of drug-likeness (QED) is 0.585. The summed E-state index contributed by atoms with van der Waals surface area (Å²) in [4.78, 5) is 18.5. The van der Waals surface area contributed by atoms with Crippen molar-refractivity contribution in [1.82, 2.24) is 14.5 Å². The molecular formula is C23H25N3O3S. The number of carbonyl (C=O) groups is 1. The molecule has 1 saturated heterocycles. The van der Waals surface area contributed by atoms with Crippen molar-refractivity contribution < 1.29 is 13.2 Å². The van der Waals surface area contributed by atoms with Crippen LogP contribution in [0.3, 0.4) is 0 Å². The van der Waals surface area contributed by atoms with E-state index in [2.05, 4.69) is 4.98 Å². The molecule has 2 aromatic carbocycles. The van der Waals surface area contributed by atoms with Crippen molar-refractivity contribution in [1.29, 1.82) is 0 Å². The lowest BCUT2D eigenvalue weighted by Crippen LogP contribution is -2.27. The van der Waals surface area contributed by atoms with E-state index >= 15 is 0 Å². The molecular weight excluding hydrogens is 398 g/mol. The van der Waals surface area contributed by atoms with Gasteiger partial charge in [0.2, 0.25) is 0 Å². The largest absolute Gasteiger partial charge is 0.339 e. The van der Waals surface area contributed by atoms with Gasteiger partial charge in [0.25, 0.3) is 5.91 Å². The molecule has 7 heteroatoms. The lowest BCUT2D eigenvalue weighted by molar-refractivity contribution is 0.0793.